The lowest BCUT2D eigenvalue weighted by molar-refractivity contribution is -0.116. The van der Waals surface area contributed by atoms with E-state index in [1.54, 1.807) is 25.3 Å². The van der Waals surface area contributed by atoms with Crippen molar-refractivity contribution in [2.75, 3.05) is 38.3 Å². The van der Waals surface area contributed by atoms with Gasteiger partial charge in [-0.05, 0) is 44.8 Å². The highest BCUT2D eigenvalue weighted by Crippen LogP contribution is 2.26. The molecule has 0 atom stereocenters. The third kappa shape index (κ3) is 5.18. The van der Waals surface area contributed by atoms with Crippen molar-refractivity contribution in [1.82, 2.24) is 4.90 Å². The molecule has 0 unspecified atom stereocenters. The quantitative estimate of drug-likeness (QED) is 0.739. The summed E-state index contributed by atoms with van der Waals surface area (Å²) in [5.41, 5.74) is 6.92. The van der Waals surface area contributed by atoms with Gasteiger partial charge in [0.1, 0.15) is 5.75 Å². The van der Waals surface area contributed by atoms with E-state index >= 15 is 0 Å². The maximum atomic E-state index is 11.8. The molecule has 0 saturated heterocycles. The Morgan fingerprint density at radius 2 is 2.21 bits per heavy atom. The number of amides is 1. The molecule has 1 aromatic carbocycles. The minimum Gasteiger partial charge on any atom is -0.495 e. The van der Waals surface area contributed by atoms with Crippen LogP contribution < -0.4 is 15.8 Å². The molecule has 5 heteroatoms. The van der Waals surface area contributed by atoms with Gasteiger partial charge in [0.05, 0.1) is 12.8 Å². The van der Waals surface area contributed by atoms with E-state index in [0.717, 1.165) is 19.5 Å². The molecule has 1 aromatic rings. The van der Waals surface area contributed by atoms with Crippen LogP contribution in [-0.4, -0.2) is 38.1 Å². The van der Waals surface area contributed by atoms with Gasteiger partial charge in [-0.1, -0.05) is 6.92 Å². The van der Waals surface area contributed by atoms with Gasteiger partial charge >= 0.3 is 0 Å². The van der Waals surface area contributed by atoms with Crippen LogP contribution in [0.25, 0.3) is 0 Å². The van der Waals surface area contributed by atoms with E-state index in [-0.39, 0.29) is 5.91 Å². The second-order valence-corrected chi connectivity index (χ2v) is 4.51. The molecule has 1 rings (SSSR count). The van der Waals surface area contributed by atoms with Gasteiger partial charge in [-0.2, -0.15) is 0 Å². The molecule has 0 spiro atoms. The number of benzene rings is 1. The smallest absolute Gasteiger partial charge is 0.224 e. The van der Waals surface area contributed by atoms with E-state index in [0.29, 0.717) is 23.5 Å². The average molecular weight is 265 g/mol. The maximum absolute atomic E-state index is 11.8. The first-order valence-corrected chi connectivity index (χ1v) is 6.48. The van der Waals surface area contributed by atoms with Crippen molar-refractivity contribution in [3.63, 3.8) is 0 Å². The molecule has 0 heterocycles. The Hall–Kier alpha value is -1.75. The fourth-order valence-corrected chi connectivity index (χ4v) is 1.70. The third-order valence-electron chi connectivity index (χ3n) is 2.98. The zero-order chi connectivity index (χ0) is 14.3. The van der Waals surface area contributed by atoms with Gasteiger partial charge in [0.25, 0.3) is 0 Å². The summed E-state index contributed by atoms with van der Waals surface area (Å²) in [4.78, 5) is 14.0. The topological polar surface area (TPSA) is 67.6 Å². The normalized spacial score (nSPS) is 10.5. The highest BCUT2D eigenvalue weighted by molar-refractivity contribution is 5.92. The summed E-state index contributed by atoms with van der Waals surface area (Å²) >= 11 is 0. The molecule has 5 nitrogen and oxygen atoms in total. The Kier molecular flexibility index (Phi) is 6.15. The van der Waals surface area contributed by atoms with Gasteiger partial charge in [-0.15, -0.1) is 0 Å². The Morgan fingerprint density at radius 1 is 1.47 bits per heavy atom. The van der Waals surface area contributed by atoms with Crippen molar-refractivity contribution in [2.24, 2.45) is 0 Å². The van der Waals surface area contributed by atoms with E-state index in [9.17, 15) is 4.79 Å². The molecular formula is C14H23N3O2. The molecule has 0 aromatic heterocycles. The molecule has 19 heavy (non-hydrogen) atoms. The first-order valence-electron chi connectivity index (χ1n) is 6.48. The highest BCUT2D eigenvalue weighted by atomic mass is 16.5. The molecule has 3 N–H and O–H groups in total. The lowest BCUT2D eigenvalue weighted by Gasteiger charge is -2.14. The van der Waals surface area contributed by atoms with Crippen LogP contribution in [0.15, 0.2) is 18.2 Å². The molecule has 0 radical (unpaired) electrons. The van der Waals surface area contributed by atoms with Crippen molar-refractivity contribution >= 4 is 17.3 Å². The average Bonchev–Trinajstić information content (AvgIpc) is 2.38. The number of methoxy groups -OCH3 is 1. The number of nitrogens with two attached hydrogens (primary N) is 1. The Balaban J connectivity index is 2.50. The second kappa shape index (κ2) is 7.63. The van der Waals surface area contributed by atoms with Crippen LogP contribution in [-0.2, 0) is 4.79 Å². The lowest BCUT2D eigenvalue weighted by Crippen LogP contribution is -2.21. The Bertz CT molecular complexity index is 421. The van der Waals surface area contributed by atoms with Crippen LogP contribution in [0.3, 0.4) is 0 Å². The van der Waals surface area contributed by atoms with Gasteiger partial charge in [0, 0.05) is 12.1 Å². The van der Waals surface area contributed by atoms with Crippen molar-refractivity contribution in [3.05, 3.63) is 18.2 Å². The SMILES string of the molecule is CCN(C)CCCC(=O)Nc1cc(N)ccc1OC. The molecule has 1 amide bonds. The van der Waals surface area contributed by atoms with E-state index in [1.165, 1.54) is 0 Å². The van der Waals surface area contributed by atoms with E-state index in [4.69, 9.17) is 10.5 Å². The first-order chi connectivity index (χ1) is 9.06. The summed E-state index contributed by atoms with van der Waals surface area (Å²) in [6.07, 6.45) is 1.32. The Labute approximate surface area is 114 Å². The predicted molar refractivity (Wildman–Crippen MR) is 78.4 cm³/mol. The largest absolute Gasteiger partial charge is 0.495 e. The summed E-state index contributed by atoms with van der Waals surface area (Å²) in [5.74, 6) is 0.599. The molecule has 0 bridgehead atoms. The van der Waals surface area contributed by atoms with Crippen molar-refractivity contribution < 1.29 is 9.53 Å². The molecule has 0 aliphatic carbocycles. The van der Waals surface area contributed by atoms with Crippen molar-refractivity contribution in [1.29, 1.82) is 0 Å². The van der Waals surface area contributed by atoms with Crippen LogP contribution in [0, 0.1) is 0 Å². The summed E-state index contributed by atoms with van der Waals surface area (Å²) in [7, 11) is 3.61. The van der Waals surface area contributed by atoms with Gasteiger partial charge in [0.15, 0.2) is 0 Å². The van der Waals surface area contributed by atoms with Crippen LogP contribution >= 0.6 is 0 Å². The summed E-state index contributed by atoms with van der Waals surface area (Å²) in [5, 5.41) is 2.83. The number of rotatable bonds is 7. The van der Waals surface area contributed by atoms with Gasteiger partial charge in [-0.25, -0.2) is 0 Å². The van der Waals surface area contributed by atoms with Crippen LogP contribution in [0.4, 0.5) is 11.4 Å². The minimum absolute atomic E-state index is 0.0200. The maximum Gasteiger partial charge on any atom is 0.224 e. The van der Waals surface area contributed by atoms with Gasteiger partial charge in [0.2, 0.25) is 5.91 Å². The summed E-state index contributed by atoms with van der Waals surface area (Å²) in [6, 6.07) is 5.19. The number of nitrogens with zero attached hydrogens (tertiary/aromatic N) is 1. The fraction of sp³-hybridized carbons (Fsp3) is 0.500. The molecule has 106 valence electrons. The number of carbonyl (C=O) groups excluding carboxylic acids is 1. The summed E-state index contributed by atoms with van der Waals surface area (Å²) < 4.78 is 5.18. The lowest BCUT2D eigenvalue weighted by atomic mass is 10.2. The zero-order valence-electron chi connectivity index (χ0n) is 11.9. The van der Waals surface area contributed by atoms with Crippen LogP contribution in [0.1, 0.15) is 19.8 Å². The zero-order valence-corrected chi connectivity index (χ0v) is 11.9. The van der Waals surface area contributed by atoms with E-state index in [2.05, 4.69) is 17.1 Å². The number of ether oxygens (including phenoxy) is 1. The third-order valence-corrected chi connectivity index (χ3v) is 2.98. The molecular weight excluding hydrogens is 242 g/mol. The van der Waals surface area contributed by atoms with Crippen LogP contribution in [0.2, 0.25) is 0 Å². The number of nitrogen functional groups attached to an aromatic ring is 1. The molecule has 0 aliphatic rings. The standard InChI is InChI=1S/C14H23N3O2/c1-4-17(2)9-5-6-14(18)16-12-10-11(15)7-8-13(12)19-3/h7-8,10H,4-6,9,15H2,1-3H3,(H,16,18). The second-order valence-electron chi connectivity index (χ2n) is 4.51. The van der Waals surface area contributed by atoms with Gasteiger partial charge in [-0.3, -0.25) is 4.79 Å². The van der Waals surface area contributed by atoms with Crippen LogP contribution in [0.5, 0.6) is 5.75 Å². The van der Waals surface area contributed by atoms with Gasteiger partial charge < -0.3 is 20.7 Å². The molecule has 0 saturated carbocycles. The summed E-state index contributed by atoms with van der Waals surface area (Å²) in [6.45, 7) is 4.00. The highest BCUT2D eigenvalue weighted by Gasteiger charge is 2.08. The Morgan fingerprint density at radius 3 is 2.84 bits per heavy atom. The number of carbonyl (C=O) groups is 1. The number of nitrogens with one attached hydrogen (secondary N) is 1. The molecule has 0 aliphatic heterocycles. The van der Waals surface area contributed by atoms with E-state index in [1.807, 2.05) is 7.05 Å². The number of hydrogen-bond acceptors (Lipinski definition) is 4. The fourth-order valence-electron chi connectivity index (χ4n) is 1.70. The number of anilines is 2. The predicted octanol–water partition coefficient (Wildman–Crippen LogP) is 1.95. The van der Waals surface area contributed by atoms with Crippen molar-refractivity contribution in [3.8, 4) is 5.75 Å². The van der Waals surface area contributed by atoms with Crippen molar-refractivity contribution in [2.45, 2.75) is 19.8 Å². The first kappa shape index (κ1) is 15.3. The minimum atomic E-state index is -0.0200. The number of hydrogen-bond donors (Lipinski definition) is 2. The molecule has 0 fully saturated rings. The van der Waals surface area contributed by atoms with E-state index < -0.39 is 0 Å². The monoisotopic (exact) mass is 265 g/mol.